The summed E-state index contributed by atoms with van der Waals surface area (Å²) < 4.78 is 13.1. The number of amides is 3. The van der Waals surface area contributed by atoms with E-state index in [1.807, 2.05) is 6.07 Å². The third-order valence-corrected chi connectivity index (χ3v) is 4.47. The summed E-state index contributed by atoms with van der Waals surface area (Å²) in [4.78, 5) is 38.1. The molecular formula is C19H17ClFN3O3. The maximum atomic E-state index is 13.1. The van der Waals surface area contributed by atoms with Gasteiger partial charge in [0.05, 0.1) is 11.6 Å². The molecule has 140 valence electrons. The number of rotatable bonds is 5. The number of nitrogens with one attached hydrogen (secondary N) is 2. The van der Waals surface area contributed by atoms with Gasteiger partial charge in [-0.25, -0.2) is 4.39 Å². The van der Waals surface area contributed by atoms with Gasteiger partial charge in [0.2, 0.25) is 17.7 Å². The number of hydrogen-bond donors (Lipinski definition) is 2. The summed E-state index contributed by atoms with van der Waals surface area (Å²) in [7, 11) is 0. The third-order valence-electron chi connectivity index (χ3n) is 4.18. The van der Waals surface area contributed by atoms with Gasteiger partial charge in [0, 0.05) is 17.8 Å². The lowest BCUT2D eigenvalue weighted by Crippen LogP contribution is -2.46. The van der Waals surface area contributed by atoms with E-state index in [1.165, 1.54) is 17.0 Å². The van der Waals surface area contributed by atoms with E-state index in [9.17, 15) is 18.8 Å². The number of para-hydroxylation sites is 1. The van der Waals surface area contributed by atoms with Gasteiger partial charge in [-0.05, 0) is 36.8 Å². The standard InChI is InChI=1S/C19H17ClFN3O3/c20-14-10-12(6-7-15(14)21)23-17(25)11-22-19(27)16-8-9-18(26)24(16)13-4-2-1-3-5-13/h1-7,10,16H,8-9,11H2,(H,22,27)(H,23,25). The molecule has 2 N–H and O–H groups in total. The van der Waals surface area contributed by atoms with Crippen molar-refractivity contribution in [2.75, 3.05) is 16.8 Å². The fraction of sp³-hybridized carbons (Fsp3) is 0.211. The molecule has 0 radical (unpaired) electrons. The molecule has 1 heterocycles. The predicted octanol–water partition coefficient (Wildman–Crippen LogP) is 2.73. The topological polar surface area (TPSA) is 78.5 Å². The number of carbonyl (C=O) groups excluding carboxylic acids is 3. The maximum Gasteiger partial charge on any atom is 0.243 e. The first-order valence-corrected chi connectivity index (χ1v) is 8.73. The molecule has 0 aromatic heterocycles. The molecule has 2 aromatic carbocycles. The van der Waals surface area contributed by atoms with Crippen molar-refractivity contribution < 1.29 is 18.8 Å². The van der Waals surface area contributed by atoms with Crippen LogP contribution in [0.15, 0.2) is 48.5 Å². The highest BCUT2D eigenvalue weighted by atomic mass is 35.5. The minimum Gasteiger partial charge on any atom is -0.345 e. The van der Waals surface area contributed by atoms with Gasteiger partial charge < -0.3 is 10.6 Å². The quantitative estimate of drug-likeness (QED) is 0.825. The smallest absolute Gasteiger partial charge is 0.243 e. The third kappa shape index (κ3) is 4.43. The van der Waals surface area contributed by atoms with Crippen molar-refractivity contribution in [3.63, 3.8) is 0 Å². The van der Waals surface area contributed by atoms with E-state index >= 15 is 0 Å². The second-order valence-corrected chi connectivity index (χ2v) is 6.46. The molecule has 3 rings (SSSR count). The molecule has 1 saturated heterocycles. The Morgan fingerprint density at radius 2 is 1.93 bits per heavy atom. The summed E-state index contributed by atoms with van der Waals surface area (Å²) in [5, 5.41) is 4.95. The highest BCUT2D eigenvalue weighted by molar-refractivity contribution is 6.31. The van der Waals surface area contributed by atoms with Gasteiger partial charge in [-0.1, -0.05) is 29.8 Å². The first kappa shape index (κ1) is 18.8. The molecule has 1 aliphatic rings. The molecule has 27 heavy (non-hydrogen) atoms. The lowest BCUT2D eigenvalue weighted by atomic mass is 10.2. The van der Waals surface area contributed by atoms with Gasteiger partial charge >= 0.3 is 0 Å². The number of benzene rings is 2. The fourth-order valence-corrected chi connectivity index (χ4v) is 3.09. The Balaban J connectivity index is 1.59. The molecule has 1 fully saturated rings. The van der Waals surface area contributed by atoms with Crippen molar-refractivity contribution in [3.8, 4) is 0 Å². The van der Waals surface area contributed by atoms with Crippen molar-refractivity contribution >= 4 is 40.7 Å². The van der Waals surface area contributed by atoms with Gasteiger partial charge in [-0.2, -0.15) is 0 Å². The van der Waals surface area contributed by atoms with Gasteiger partial charge in [0.25, 0.3) is 0 Å². The van der Waals surface area contributed by atoms with Crippen LogP contribution in [0.25, 0.3) is 0 Å². The maximum absolute atomic E-state index is 13.1. The van der Waals surface area contributed by atoms with E-state index in [0.717, 1.165) is 6.07 Å². The minimum atomic E-state index is -0.659. The summed E-state index contributed by atoms with van der Waals surface area (Å²) in [5.41, 5.74) is 0.966. The normalized spacial score (nSPS) is 16.3. The first-order chi connectivity index (χ1) is 13.0. The molecule has 1 aliphatic heterocycles. The number of halogens is 2. The lowest BCUT2D eigenvalue weighted by Gasteiger charge is -2.24. The van der Waals surface area contributed by atoms with Crippen LogP contribution in [0.1, 0.15) is 12.8 Å². The Morgan fingerprint density at radius 1 is 1.19 bits per heavy atom. The van der Waals surface area contributed by atoms with E-state index in [0.29, 0.717) is 17.8 Å². The van der Waals surface area contributed by atoms with Gasteiger partial charge in [-0.15, -0.1) is 0 Å². The molecule has 3 amide bonds. The van der Waals surface area contributed by atoms with Crippen LogP contribution in [0.2, 0.25) is 5.02 Å². The predicted molar refractivity (Wildman–Crippen MR) is 100.0 cm³/mol. The van der Waals surface area contributed by atoms with Crippen LogP contribution in [0.3, 0.4) is 0 Å². The largest absolute Gasteiger partial charge is 0.345 e. The lowest BCUT2D eigenvalue weighted by molar-refractivity contribution is -0.125. The van der Waals surface area contributed by atoms with Crippen LogP contribution in [0, 0.1) is 5.82 Å². The SMILES string of the molecule is O=C(CNC(=O)C1CCC(=O)N1c1ccccc1)Nc1ccc(F)c(Cl)c1. The monoisotopic (exact) mass is 389 g/mol. The molecule has 0 saturated carbocycles. The van der Waals surface area contributed by atoms with E-state index in [4.69, 9.17) is 11.6 Å². The molecule has 8 heteroatoms. The van der Waals surface area contributed by atoms with Crippen molar-refractivity contribution in [2.24, 2.45) is 0 Å². The molecule has 0 spiro atoms. The number of hydrogen-bond acceptors (Lipinski definition) is 3. The molecule has 0 bridgehead atoms. The average molecular weight is 390 g/mol. The minimum absolute atomic E-state index is 0.111. The van der Waals surface area contributed by atoms with Crippen LogP contribution in [-0.4, -0.2) is 30.3 Å². The van der Waals surface area contributed by atoms with Crippen LogP contribution >= 0.6 is 11.6 Å². The van der Waals surface area contributed by atoms with E-state index in [1.54, 1.807) is 24.3 Å². The molecule has 0 aliphatic carbocycles. The molecule has 1 unspecified atom stereocenters. The fourth-order valence-electron chi connectivity index (χ4n) is 2.91. The summed E-state index contributed by atoms with van der Waals surface area (Å²) in [6.45, 7) is -0.277. The van der Waals surface area contributed by atoms with E-state index < -0.39 is 23.7 Å². The first-order valence-electron chi connectivity index (χ1n) is 8.35. The average Bonchev–Trinajstić information content (AvgIpc) is 3.05. The number of nitrogens with zero attached hydrogens (tertiary/aromatic N) is 1. The van der Waals surface area contributed by atoms with Crippen molar-refractivity contribution in [2.45, 2.75) is 18.9 Å². The Hall–Kier alpha value is -2.93. The highest BCUT2D eigenvalue weighted by Gasteiger charge is 2.36. The summed E-state index contributed by atoms with van der Waals surface area (Å²) in [6.07, 6.45) is 0.655. The van der Waals surface area contributed by atoms with Crippen LogP contribution in [0.4, 0.5) is 15.8 Å². The Bertz CT molecular complexity index is 876. The number of anilines is 2. The zero-order valence-electron chi connectivity index (χ0n) is 14.2. The van der Waals surface area contributed by atoms with Crippen molar-refractivity contribution in [1.29, 1.82) is 0 Å². The Kier molecular flexibility index (Phi) is 5.71. The van der Waals surface area contributed by atoms with Gasteiger partial charge in [0.1, 0.15) is 11.9 Å². The van der Waals surface area contributed by atoms with Gasteiger partial charge in [0.15, 0.2) is 0 Å². The van der Waals surface area contributed by atoms with Crippen LogP contribution in [-0.2, 0) is 14.4 Å². The molecular weight excluding hydrogens is 373 g/mol. The summed E-state index contributed by atoms with van der Waals surface area (Å²) >= 11 is 5.67. The zero-order chi connectivity index (χ0) is 19.4. The molecule has 2 aromatic rings. The Labute approximate surface area is 160 Å². The van der Waals surface area contributed by atoms with Crippen molar-refractivity contribution in [3.05, 3.63) is 59.4 Å². The van der Waals surface area contributed by atoms with Crippen LogP contribution < -0.4 is 15.5 Å². The second-order valence-electron chi connectivity index (χ2n) is 6.05. The van der Waals surface area contributed by atoms with Gasteiger partial charge in [-0.3, -0.25) is 19.3 Å². The summed E-state index contributed by atoms with van der Waals surface area (Å²) in [5.74, 6) is -1.61. The Morgan fingerprint density at radius 3 is 2.63 bits per heavy atom. The number of carbonyl (C=O) groups is 3. The van der Waals surface area contributed by atoms with E-state index in [2.05, 4.69) is 10.6 Å². The second kappa shape index (κ2) is 8.18. The molecule has 6 nitrogen and oxygen atoms in total. The zero-order valence-corrected chi connectivity index (χ0v) is 15.0. The van der Waals surface area contributed by atoms with Crippen LogP contribution in [0.5, 0.6) is 0 Å². The highest BCUT2D eigenvalue weighted by Crippen LogP contribution is 2.26. The summed E-state index contributed by atoms with van der Waals surface area (Å²) in [6, 6.07) is 12.0. The van der Waals surface area contributed by atoms with E-state index in [-0.39, 0.29) is 23.9 Å². The molecule has 1 atom stereocenters. The van der Waals surface area contributed by atoms with Crippen molar-refractivity contribution in [1.82, 2.24) is 5.32 Å².